The lowest BCUT2D eigenvalue weighted by Gasteiger charge is -2.33. The Morgan fingerprint density at radius 1 is 1.06 bits per heavy atom. The minimum atomic E-state index is -1.07. The molecule has 0 radical (unpaired) electrons. The van der Waals surface area contributed by atoms with Crippen molar-refractivity contribution in [2.45, 2.75) is 70.6 Å². The van der Waals surface area contributed by atoms with E-state index in [-0.39, 0.29) is 0 Å². The van der Waals surface area contributed by atoms with Crippen LogP contribution in [0.2, 0.25) is 24.2 Å². The smallest absolute Gasteiger partial charge is 0.0588 e. The van der Waals surface area contributed by atoms with Crippen LogP contribution in [-0.4, -0.2) is 32.6 Å². The van der Waals surface area contributed by atoms with Crippen molar-refractivity contribution in [3.05, 3.63) is 12.2 Å². The van der Waals surface area contributed by atoms with E-state index in [4.69, 9.17) is 0 Å². The molecule has 0 amide bonds. The second-order valence-corrected chi connectivity index (χ2v) is 11.3. The van der Waals surface area contributed by atoms with Crippen LogP contribution >= 0.6 is 0 Å². The minimum absolute atomic E-state index is 1.07. The molecule has 18 heavy (non-hydrogen) atoms. The SMILES string of the molecule is C=C(C)C[Si](CCC)(CCC)CCN1CCCC1. The number of nitrogens with zero attached hydrogens (tertiary/aromatic N) is 1. The van der Waals surface area contributed by atoms with Crippen molar-refractivity contribution in [1.82, 2.24) is 4.90 Å². The van der Waals surface area contributed by atoms with Crippen LogP contribution in [0, 0.1) is 0 Å². The largest absolute Gasteiger partial charge is 0.304 e. The number of hydrogen-bond acceptors (Lipinski definition) is 1. The van der Waals surface area contributed by atoms with Crippen molar-refractivity contribution in [3.63, 3.8) is 0 Å². The van der Waals surface area contributed by atoms with E-state index in [1.807, 2.05) is 0 Å². The maximum atomic E-state index is 4.21. The van der Waals surface area contributed by atoms with Gasteiger partial charge in [0.05, 0.1) is 8.07 Å². The first-order chi connectivity index (χ1) is 8.62. The molecule has 0 aromatic heterocycles. The van der Waals surface area contributed by atoms with Crippen LogP contribution in [0.25, 0.3) is 0 Å². The number of rotatable bonds is 9. The van der Waals surface area contributed by atoms with Crippen molar-refractivity contribution in [2.24, 2.45) is 0 Å². The van der Waals surface area contributed by atoms with E-state index in [0.717, 1.165) is 0 Å². The van der Waals surface area contributed by atoms with Crippen LogP contribution < -0.4 is 0 Å². The van der Waals surface area contributed by atoms with E-state index in [0.29, 0.717) is 0 Å². The highest BCUT2D eigenvalue weighted by Gasteiger charge is 2.31. The van der Waals surface area contributed by atoms with Crippen LogP contribution in [0.3, 0.4) is 0 Å². The second kappa shape index (κ2) is 8.16. The molecule has 1 fully saturated rings. The molecule has 0 bridgehead atoms. The van der Waals surface area contributed by atoms with Crippen molar-refractivity contribution in [3.8, 4) is 0 Å². The van der Waals surface area contributed by atoms with Gasteiger partial charge < -0.3 is 4.90 Å². The monoisotopic (exact) mass is 267 g/mol. The predicted molar refractivity (Wildman–Crippen MR) is 86.1 cm³/mol. The summed E-state index contributed by atoms with van der Waals surface area (Å²) in [5, 5.41) is 0. The Labute approximate surface area is 116 Å². The summed E-state index contributed by atoms with van der Waals surface area (Å²) in [4.78, 5) is 2.70. The maximum Gasteiger partial charge on any atom is 0.0588 e. The minimum Gasteiger partial charge on any atom is -0.304 e. The third kappa shape index (κ3) is 5.27. The van der Waals surface area contributed by atoms with Gasteiger partial charge in [-0.25, -0.2) is 0 Å². The van der Waals surface area contributed by atoms with Gasteiger partial charge in [0.25, 0.3) is 0 Å². The molecule has 0 aliphatic carbocycles. The van der Waals surface area contributed by atoms with E-state index in [9.17, 15) is 0 Å². The molecule has 106 valence electrons. The highest BCUT2D eigenvalue weighted by molar-refractivity contribution is 6.80. The fraction of sp³-hybridized carbons (Fsp3) is 0.875. The number of likely N-dealkylation sites (tertiary alicyclic amines) is 1. The number of allylic oxidation sites excluding steroid dienone is 1. The van der Waals surface area contributed by atoms with Crippen molar-refractivity contribution >= 4 is 8.07 Å². The van der Waals surface area contributed by atoms with Gasteiger partial charge in [-0.15, -0.1) is 6.58 Å². The zero-order chi connectivity index (χ0) is 13.4. The van der Waals surface area contributed by atoms with Gasteiger partial charge in [0, 0.05) is 0 Å². The van der Waals surface area contributed by atoms with E-state index in [1.54, 1.807) is 0 Å². The Kier molecular flexibility index (Phi) is 7.24. The first-order valence-electron chi connectivity index (χ1n) is 7.98. The van der Waals surface area contributed by atoms with Crippen molar-refractivity contribution in [2.75, 3.05) is 19.6 Å². The maximum absolute atomic E-state index is 4.21. The fourth-order valence-electron chi connectivity index (χ4n) is 3.74. The molecule has 0 saturated carbocycles. The van der Waals surface area contributed by atoms with E-state index < -0.39 is 8.07 Å². The zero-order valence-electron chi connectivity index (χ0n) is 12.9. The third-order valence-electron chi connectivity index (χ3n) is 4.39. The third-order valence-corrected chi connectivity index (χ3v) is 10.2. The summed E-state index contributed by atoms with van der Waals surface area (Å²) in [7, 11) is -1.07. The number of hydrogen-bond donors (Lipinski definition) is 0. The summed E-state index contributed by atoms with van der Waals surface area (Å²) in [5.41, 5.74) is 1.44. The molecule has 0 aromatic carbocycles. The highest BCUT2D eigenvalue weighted by Crippen LogP contribution is 2.32. The molecular formula is C16H33NSi. The predicted octanol–water partition coefficient (Wildman–Crippen LogP) is 4.93. The molecule has 1 saturated heterocycles. The topological polar surface area (TPSA) is 3.24 Å². The highest BCUT2D eigenvalue weighted by atomic mass is 28.3. The lowest BCUT2D eigenvalue weighted by atomic mass is 10.4. The Bertz CT molecular complexity index is 237. The van der Waals surface area contributed by atoms with E-state index >= 15 is 0 Å². The summed E-state index contributed by atoms with van der Waals surface area (Å²) < 4.78 is 0. The zero-order valence-corrected chi connectivity index (χ0v) is 13.9. The van der Waals surface area contributed by atoms with Gasteiger partial charge in [0.1, 0.15) is 0 Å². The molecule has 1 aliphatic rings. The van der Waals surface area contributed by atoms with Crippen molar-refractivity contribution < 1.29 is 0 Å². The lowest BCUT2D eigenvalue weighted by molar-refractivity contribution is 0.356. The van der Waals surface area contributed by atoms with E-state index in [2.05, 4.69) is 32.3 Å². The second-order valence-electron chi connectivity index (χ2n) is 6.43. The molecule has 1 aliphatic heterocycles. The molecule has 1 rings (SSSR count). The Morgan fingerprint density at radius 3 is 2.06 bits per heavy atom. The van der Waals surface area contributed by atoms with Gasteiger partial charge in [-0.3, -0.25) is 0 Å². The van der Waals surface area contributed by atoms with Crippen LogP contribution in [0.4, 0.5) is 0 Å². The van der Waals surface area contributed by atoms with Gasteiger partial charge >= 0.3 is 0 Å². The summed E-state index contributed by atoms with van der Waals surface area (Å²) >= 11 is 0. The summed E-state index contributed by atoms with van der Waals surface area (Å²) in [5.74, 6) is 0. The molecule has 0 aromatic rings. The average molecular weight is 268 g/mol. The lowest BCUT2D eigenvalue weighted by Crippen LogP contribution is -2.38. The first kappa shape index (κ1) is 16.0. The molecule has 2 heteroatoms. The molecular weight excluding hydrogens is 234 g/mol. The quantitative estimate of drug-likeness (QED) is 0.423. The summed E-state index contributed by atoms with van der Waals surface area (Å²) in [6, 6.07) is 5.92. The molecule has 0 unspecified atom stereocenters. The Balaban J connectivity index is 2.56. The Hall–Kier alpha value is -0.0831. The van der Waals surface area contributed by atoms with Gasteiger partial charge in [0.15, 0.2) is 0 Å². The van der Waals surface area contributed by atoms with Crippen molar-refractivity contribution in [1.29, 1.82) is 0 Å². The molecule has 1 heterocycles. The Morgan fingerprint density at radius 2 is 1.61 bits per heavy atom. The van der Waals surface area contributed by atoms with Crippen LogP contribution in [-0.2, 0) is 0 Å². The summed E-state index contributed by atoms with van der Waals surface area (Å²) in [6.07, 6.45) is 5.60. The van der Waals surface area contributed by atoms with Gasteiger partial charge in [0.2, 0.25) is 0 Å². The fourth-order valence-corrected chi connectivity index (χ4v) is 9.22. The molecule has 1 nitrogen and oxygen atoms in total. The molecule has 0 atom stereocenters. The molecule has 0 N–H and O–H groups in total. The van der Waals surface area contributed by atoms with Gasteiger partial charge in [-0.1, -0.05) is 44.4 Å². The van der Waals surface area contributed by atoms with E-state index in [1.165, 1.54) is 75.1 Å². The average Bonchev–Trinajstić information content (AvgIpc) is 2.79. The van der Waals surface area contributed by atoms with Crippen LogP contribution in [0.1, 0.15) is 46.5 Å². The normalized spacial score (nSPS) is 17.3. The standard InChI is InChI=1S/C16H33NSi/c1-5-12-18(13-6-2,15-16(3)4)14-11-17-9-7-8-10-17/h3,5-15H2,1-2,4H3. The van der Waals surface area contributed by atoms with Gasteiger partial charge in [-0.2, -0.15) is 0 Å². The first-order valence-corrected chi connectivity index (χ1v) is 10.8. The van der Waals surface area contributed by atoms with Gasteiger partial charge in [-0.05, 0) is 51.5 Å². The summed E-state index contributed by atoms with van der Waals surface area (Å²) in [6.45, 7) is 15.3. The van der Waals surface area contributed by atoms with Crippen LogP contribution in [0.15, 0.2) is 12.2 Å². The molecule has 0 spiro atoms. The van der Waals surface area contributed by atoms with Crippen LogP contribution in [0.5, 0.6) is 0 Å².